The van der Waals surface area contributed by atoms with E-state index in [1.165, 1.54) is 6.07 Å². The minimum Gasteiger partial charge on any atom is -0.461 e. The largest absolute Gasteiger partial charge is 0.461 e. The molecule has 0 saturated heterocycles. The molecule has 2 unspecified atom stereocenters. The van der Waals surface area contributed by atoms with Crippen molar-refractivity contribution >= 4 is 5.97 Å². The highest BCUT2D eigenvalue weighted by molar-refractivity contribution is 5.77. The van der Waals surface area contributed by atoms with Crippen molar-refractivity contribution in [3.63, 3.8) is 0 Å². The van der Waals surface area contributed by atoms with E-state index in [0.29, 0.717) is 12.0 Å². The molecular formula is C20H17FN2O2. The molecule has 3 aromatic rings. The van der Waals surface area contributed by atoms with Crippen molar-refractivity contribution in [2.45, 2.75) is 18.9 Å². The quantitative estimate of drug-likeness (QED) is 0.665. The second-order valence-electron chi connectivity index (χ2n) is 6.19. The first-order valence-corrected chi connectivity index (χ1v) is 8.22. The van der Waals surface area contributed by atoms with E-state index >= 15 is 0 Å². The van der Waals surface area contributed by atoms with Crippen LogP contribution < -0.4 is 0 Å². The fourth-order valence-corrected chi connectivity index (χ4v) is 3.00. The van der Waals surface area contributed by atoms with Gasteiger partial charge in [0.05, 0.1) is 11.6 Å². The van der Waals surface area contributed by atoms with Gasteiger partial charge in [0, 0.05) is 18.3 Å². The van der Waals surface area contributed by atoms with Gasteiger partial charge in [-0.15, -0.1) is 0 Å². The number of ether oxygens (including phenoxy) is 1. The summed E-state index contributed by atoms with van der Waals surface area (Å²) in [5.41, 5.74) is 2.46. The second kappa shape index (κ2) is 6.51. The lowest BCUT2D eigenvalue weighted by Crippen LogP contribution is -2.08. The number of benzene rings is 2. The van der Waals surface area contributed by atoms with Crippen LogP contribution in [0.15, 0.2) is 67.0 Å². The summed E-state index contributed by atoms with van der Waals surface area (Å²) in [6.07, 6.45) is 4.24. The Labute approximate surface area is 144 Å². The van der Waals surface area contributed by atoms with Gasteiger partial charge >= 0.3 is 5.97 Å². The topological polar surface area (TPSA) is 44.1 Å². The molecule has 1 aliphatic rings. The van der Waals surface area contributed by atoms with Crippen molar-refractivity contribution < 1.29 is 13.9 Å². The molecule has 0 radical (unpaired) electrons. The lowest BCUT2D eigenvalue weighted by molar-refractivity contribution is -0.146. The molecule has 1 heterocycles. The van der Waals surface area contributed by atoms with Gasteiger partial charge in [0.1, 0.15) is 12.4 Å². The molecule has 2 atom stereocenters. The van der Waals surface area contributed by atoms with Crippen LogP contribution in [-0.2, 0) is 16.1 Å². The van der Waals surface area contributed by atoms with E-state index in [2.05, 4.69) is 5.10 Å². The molecule has 5 heteroatoms. The standard InChI is InChI=1S/C20H17FN2O2/c21-19-5-2-1-4-16(19)17-12-18(17)20(24)25-13-14-6-8-15(9-7-14)23-11-3-10-22-23/h1-11,17-18H,12-13H2. The van der Waals surface area contributed by atoms with Gasteiger partial charge in [-0.3, -0.25) is 4.79 Å². The second-order valence-corrected chi connectivity index (χ2v) is 6.19. The van der Waals surface area contributed by atoms with Crippen LogP contribution in [-0.4, -0.2) is 15.7 Å². The molecule has 0 aliphatic heterocycles. The zero-order chi connectivity index (χ0) is 17.2. The number of esters is 1. The summed E-state index contributed by atoms with van der Waals surface area (Å²) in [6.45, 7) is 0.221. The van der Waals surface area contributed by atoms with Crippen LogP contribution in [0.1, 0.15) is 23.5 Å². The summed E-state index contributed by atoms with van der Waals surface area (Å²) in [5.74, 6) is -0.808. The summed E-state index contributed by atoms with van der Waals surface area (Å²) >= 11 is 0. The van der Waals surface area contributed by atoms with Crippen LogP contribution >= 0.6 is 0 Å². The van der Waals surface area contributed by atoms with Crippen LogP contribution in [0.3, 0.4) is 0 Å². The third-order valence-electron chi connectivity index (χ3n) is 4.48. The Morgan fingerprint density at radius 3 is 2.68 bits per heavy atom. The molecule has 25 heavy (non-hydrogen) atoms. The Balaban J connectivity index is 1.33. The Morgan fingerprint density at radius 1 is 1.16 bits per heavy atom. The molecule has 0 bridgehead atoms. The molecular weight excluding hydrogens is 319 g/mol. The average Bonchev–Trinajstić information content (AvgIpc) is 3.24. The van der Waals surface area contributed by atoms with Gasteiger partial charge in [-0.05, 0) is 41.8 Å². The predicted octanol–water partition coefficient (Wildman–Crippen LogP) is 3.86. The number of carbonyl (C=O) groups is 1. The van der Waals surface area contributed by atoms with Crippen LogP contribution in [0, 0.1) is 11.7 Å². The lowest BCUT2D eigenvalue weighted by atomic mass is 10.1. The predicted molar refractivity (Wildman–Crippen MR) is 90.6 cm³/mol. The van der Waals surface area contributed by atoms with Crippen LogP contribution in [0.4, 0.5) is 4.39 Å². The van der Waals surface area contributed by atoms with Gasteiger partial charge in [0.2, 0.25) is 0 Å². The van der Waals surface area contributed by atoms with E-state index in [-0.39, 0.29) is 30.2 Å². The van der Waals surface area contributed by atoms with Crippen LogP contribution in [0.25, 0.3) is 5.69 Å². The maximum Gasteiger partial charge on any atom is 0.309 e. The van der Waals surface area contributed by atoms with Gasteiger partial charge in [-0.1, -0.05) is 30.3 Å². The molecule has 0 N–H and O–H groups in total. The summed E-state index contributed by atoms with van der Waals surface area (Å²) in [5, 5.41) is 4.17. The molecule has 1 fully saturated rings. The van der Waals surface area contributed by atoms with Gasteiger partial charge < -0.3 is 4.74 Å². The normalized spacial score (nSPS) is 18.8. The van der Waals surface area contributed by atoms with Gasteiger partial charge in [-0.2, -0.15) is 5.10 Å². The first-order chi connectivity index (χ1) is 12.2. The molecule has 1 aliphatic carbocycles. The van der Waals surface area contributed by atoms with Crippen molar-refractivity contribution in [3.8, 4) is 5.69 Å². The summed E-state index contributed by atoms with van der Waals surface area (Å²) < 4.78 is 20.9. The van der Waals surface area contributed by atoms with Crippen molar-refractivity contribution in [2.24, 2.45) is 5.92 Å². The van der Waals surface area contributed by atoms with Crippen molar-refractivity contribution in [1.82, 2.24) is 9.78 Å². The molecule has 1 aromatic heterocycles. The Morgan fingerprint density at radius 2 is 1.96 bits per heavy atom. The minimum absolute atomic E-state index is 0.0594. The van der Waals surface area contributed by atoms with Crippen LogP contribution in [0.2, 0.25) is 0 Å². The van der Waals surface area contributed by atoms with E-state index in [1.54, 1.807) is 29.1 Å². The Bertz CT molecular complexity index is 875. The highest BCUT2D eigenvalue weighted by Crippen LogP contribution is 2.48. The number of rotatable bonds is 5. The summed E-state index contributed by atoms with van der Waals surface area (Å²) in [6, 6.07) is 16.1. The number of hydrogen-bond donors (Lipinski definition) is 0. The van der Waals surface area contributed by atoms with Crippen molar-refractivity contribution in [3.05, 3.63) is 83.9 Å². The first kappa shape index (κ1) is 15.6. The molecule has 0 amide bonds. The minimum atomic E-state index is -0.260. The molecule has 2 aromatic carbocycles. The lowest BCUT2D eigenvalue weighted by Gasteiger charge is -2.07. The zero-order valence-electron chi connectivity index (χ0n) is 13.5. The Hall–Kier alpha value is -2.95. The van der Waals surface area contributed by atoms with Crippen LogP contribution in [0.5, 0.6) is 0 Å². The fourth-order valence-electron chi connectivity index (χ4n) is 3.00. The number of nitrogens with zero attached hydrogens (tertiary/aromatic N) is 2. The molecule has 126 valence electrons. The number of hydrogen-bond acceptors (Lipinski definition) is 3. The average molecular weight is 336 g/mol. The highest BCUT2D eigenvalue weighted by atomic mass is 19.1. The SMILES string of the molecule is O=C(OCc1ccc(-n2cccn2)cc1)C1CC1c1ccccc1F. The zero-order valence-corrected chi connectivity index (χ0v) is 13.5. The molecule has 1 saturated carbocycles. The van der Waals surface area contributed by atoms with Gasteiger partial charge in [0.25, 0.3) is 0 Å². The first-order valence-electron chi connectivity index (χ1n) is 8.22. The highest BCUT2D eigenvalue weighted by Gasteiger charge is 2.46. The smallest absolute Gasteiger partial charge is 0.309 e. The maximum absolute atomic E-state index is 13.8. The summed E-state index contributed by atoms with van der Waals surface area (Å²) in [7, 11) is 0. The number of halogens is 1. The molecule has 4 rings (SSSR count). The van der Waals surface area contributed by atoms with Crippen molar-refractivity contribution in [1.29, 1.82) is 0 Å². The van der Waals surface area contributed by atoms with E-state index in [4.69, 9.17) is 4.74 Å². The van der Waals surface area contributed by atoms with Crippen molar-refractivity contribution in [2.75, 3.05) is 0 Å². The molecule has 4 nitrogen and oxygen atoms in total. The third kappa shape index (κ3) is 3.31. The van der Waals surface area contributed by atoms with E-state index in [1.807, 2.05) is 36.5 Å². The van der Waals surface area contributed by atoms with Gasteiger partial charge in [-0.25, -0.2) is 9.07 Å². The number of carbonyl (C=O) groups excluding carboxylic acids is 1. The van der Waals surface area contributed by atoms with E-state index < -0.39 is 0 Å². The third-order valence-corrected chi connectivity index (χ3v) is 4.48. The maximum atomic E-state index is 13.8. The van der Waals surface area contributed by atoms with Gasteiger partial charge in [0.15, 0.2) is 0 Å². The van der Waals surface area contributed by atoms with E-state index in [9.17, 15) is 9.18 Å². The fraction of sp³-hybridized carbons (Fsp3) is 0.200. The Kier molecular flexibility index (Phi) is 4.06. The van der Waals surface area contributed by atoms with E-state index in [0.717, 1.165) is 11.3 Å². The monoisotopic (exact) mass is 336 g/mol. The molecule has 0 spiro atoms. The number of aromatic nitrogens is 2. The summed E-state index contributed by atoms with van der Waals surface area (Å²) in [4.78, 5) is 12.2.